The van der Waals surface area contributed by atoms with Crippen LogP contribution in [-0.2, 0) is 25.6 Å². The Labute approximate surface area is 234 Å². The Morgan fingerprint density at radius 2 is 1.75 bits per heavy atom. The lowest BCUT2D eigenvalue weighted by molar-refractivity contribution is -0.205. The highest BCUT2D eigenvalue weighted by Crippen LogP contribution is 2.64. The average molecular weight is 545 g/mol. The summed E-state index contributed by atoms with van der Waals surface area (Å²) >= 11 is 0. The highest BCUT2D eigenvalue weighted by molar-refractivity contribution is 6.32. The van der Waals surface area contributed by atoms with Gasteiger partial charge in [0, 0.05) is 11.3 Å². The summed E-state index contributed by atoms with van der Waals surface area (Å²) in [5.41, 5.74) is -1.69. The second kappa shape index (κ2) is 9.03. The second-order valence-corrected chi connectivity index (χ2v) is 12.9. The van der Waals surface area contributed by atoms with Crippen molar-refractivity contribution in [1.29, 1.82) is 0 Å². The van der Waals surface area contributed by atoms with Gasteiger partial charge < -0.3 is 10.2 Å². The standard InChI is InChI=1S/C33H36O7/c1-7-8-18-9-10-19(13-18)20-11-12-22(35)24-21(20)14-31(5)15-32(6)25(16(2)3)27(36)23(17(4)34)29(38)33(32,40)30(39)26(31)28(24)37/h7-12,16,23,25-26,35,40H,13-15H2,1-6H3/t23?,25?,26?,31-,32-,33+/m1/s1. The zero-order chi connectivity index (χ0) is 29.5. The molecule has 7 nitrogen and oxygen atoms in total. The summed E-state index contributed by atoms with van der Waals surface area (Å²) in [6.07, 6.45) is 8.89. The minimum atomic E-state index is -2.68. The molecule has 3 unspecified atom stereocenters. The first kappa shape index (κ1) is 28.1. The number of rotatable bonds is 4. The molecule has 0 bridgehead atoms. The molecule has 4 aliphatic rings. The third-order valence-electron chi connectivity index (χ3n) is 9.88. The molecule has 2 N–H and O–H groups in total. The average Bonchev–Trinajstić information content (AvgIpc) is 3.29. The minimum Gasteiger partial charge on any atom is -0.507 e. The maximum absolute atomic E-state index is 14.3. The van der Waals surface area contributed by atoms with Crippen molar-refractivity contribution in [2.75, 3.05) is 0 Å². The molecule has 0 radical (unpaired) electrons. The fourth-order valence-electron chi connectivity index (χ4n) is 8.50. The second-order valence-electron chi connectivity index (χ2n) is 12.9. The van der Waals surface area contributed by atoms with Gasteiger partial charge in [-0.1, -0.05) is 58.1 Å². The van der Waals surface area contributed by atoms with E-state index in [9.17, 15) is 34.2 Å². The molecule has 5 rings (SSSR count). The zero-order valence-electron chi connectivity index (χ0n) is 23.8. The van der Waals surface area contributed by atoms with Crippen LogP contribution in [0.3, 0.4) is 0 Å². The summed E-state index contributed by atoms with van der Waals surface area (Å²) in [6.45, 7) is 9.98. The number of ketones is 5. The summed E-state index contributed by atoms with van der Waals surface area (Å²) in [5, 5.41) is 23.0. The van der Waals surface area contributed by atoms with Gasteiger partial charge in [-0.25, -0.2) is 0 Å². The molecule has 0 heterocycles. The first-order valence-electron chi connectivity index (χ1n) is 13.9. The molecule has 0 saturated heterocycles. The summed E-state index contributed by atoms with van der Waals surface area (Å²) < 4.78 is 0. The normalized spacial score (nSPS) is 35.5. The number of fused-ring (bicyclic) bond motifs is 3. The van der Waals surface area contributed by atoms with E-state index in [2.05, 4.69) is 0 Å². The number of carbonyl (C=O) groups is 5. The molecular formula is C33H36O7. The summed E-state index contributed by atoms with van der Waals surface area (Å²) in [7, 11) is 0. The maximum Gasteiger partial charge on any atom is 0.190 e. The first-order chi connectivity index (χ1) is 18.6. The molecular weight excluding hydrogens is 508 g/mol. The van der Waals surface area contributed by atoms with Crippen molar-refractivity contribution in [2.24, 2.45) is 34.5 Å². The van der Waals surface area contributed by atoms with E-state index in [4.69, 9.17) is 0 Å². The predicted molar refractivity (Wildman–Crippen MR) is 148 cm³/mol. The first-order valence-corrected chi connectivity index (χ1v) is 13.9. The van der Waals surface area contributed by atoms with Crippen LogP contribution in [0.4, 0.5) is 0 Å². The van der Waals surface area contributed by atoms with Gasteiger partial charge in [-0.15, -0.1) is 0 Å². The molecule has 40 heavy (non-hydrogen) atoms. The van der Waals surface area contributed by atoms with Gasteiger partial charge in [-0.2, -0.15) is 0 Å². The van der Waals surface area contributed by atoms with Crippen LogP contribution in [0, 0.1) is 34.5 Å². The molecule has 0 aliphatic heterocycles. The topological polar surface area (TPSA) is 126 Å². The number of phenolic OH excluding ortho intramolecular Hbond substituents is 1. The highest BCUT2D eigenvalue weighted by Gasteiger charge is 2.76. The van der Waals surface area contributed by atoms with Crippen molar-refractivity contribution in [3.05, 3.63) is 58.7 Å². The maximum atomic E-state index is 14.3. The van der Waals surface area contributed by atoms with Crippen molar-refractivity contribution in [3.8, 4) is 5.75 Å². The van der Waals surface area contributed by atoms with E-state index in [-0.39, 0.29) is 30.1 Å². The number of carbonyl (C=O) groups excluding carboxylic acids is 5. The molecule has 2 saturated carbocycles. The molecule has 4 aliphatic carbocycles. The lowest BCUT2D eigenvalue weighted by Crippen LogP contribution is -2.76. The fourth-order valence-corrected chi connectivity index (χ4v) is 8.50. The zero-order valence-corrected chi connectivity index (χ0v) is 23.8. The largest absolute Gasteiger partial charge is 0.507 e. The van der Waals surface area contributed by atoms with Crippen LogP contribution in [0.15, 0.2) is 42.0 Å². The number of hydrogen-bond acceptors (Lipinski definition) is 7. The number of phenols is 1. The lowest BCUT2D eigenvalue weighted by atomic mass is 9.40. The monoisotopic (exact) mass is 544 g/mol. The van der Waals surface area contributed by atoms with E-state index in [1.807, 2.05) is 31.2 Å². The Bertz CT molecular complexity index is 1490. The predicted octanol–water partition coefficient (Wildman–Crippen LogP) is 4.38. The molecule has 1 aromatic rings. The van der Waals surface area contributed by atoms with Crippen molar-refractivity contribution < 1.29 is 34.2 Å². The molecule has 210 valence electrons. The van der Waals surface area contributed by atoms with E-state index < -0.39 is 63.1 Å². The van der Waals surface area contributed by atoms with Crippen LogP contribution in [0.2, 0.25) is 0 Å². The van der Waals surface area contributed by atoms with Gasteiger partial charge in [0.15, 0.2) is 28.7 Å². The molecule has 0 aromatic heterocycles. The smallest absolute Gasteiger partial charge is 0.190 e. The number of hydrogen-bond donors (Lipinski definition) is 2. The Kier molecular flexibility index (Phi) is 6.34. The van der Waals surface area contributed by atoms with Crippen LogP contribution in [0.1, 0.15) is 75.9 Å². The van der Waals surface area contributed by atoms with Gasteiger partial charge in [-0.05, 0) is 72.8 Å². The number of aliphatic hydroxyl groups is 1. The lowest BCUT2D eigenvalue weighted by Gasteiger charge is -2.61. The quantitative estimate of drug-likeness (QED) is 0.539. The van der Waals surface area contributed by atoms with Crippen LogP contribution in [0.25, 0.3) is 5.57 Å². The number of Topliss-reactive ketones (excluding diaryl/α,β-unsaturated/α-hetero) is 5. The van der Waals surface area contributed by atoms with Crippen molar-refractivity contribution in [3.63, 3.8) is 0 Å². The van der Waals surface area contributed by atoms with Gasteiger partial charge in [0.2, 0.25) is 0 Å². The van der Waals surface area contributed by atoms with E-state index in [0.717, 1.165) is 23.6 Å². The summed E-state index contributed by atoms with van der Waals surface area (Å²) in [4.78, 5) is 68.4. The van der Waals surface area contributed by atoms with Crippen molar-refractivity contribution in [1.82, 2.24) is 0 Å². The molecule has 7 heteroatoms. The van der Waals surface area contributed by atoms with Gasteiger partial charge in [0.1, 0.15) is 17.5 Å². The number of benzene rings is 1. The van der Waals surface area contributed by atoms with Crippen LogP contribution >= 0.6 is 0 Å². The molecule has 1 aromatic carbocycles. The van der Waals surface area contributed by atoms with Crippen molar-refractivity contribution in [2.45, 2.75) is 66.4 Å². The summed E-state index contributed by atoms with van der Waals surface area (Å²) in [5.74, 6) is -8.80. The Balaban J connectivity index is 1.69. The Hall–Kier alpha value is -3.45. The van der Waals surface area contributed by atoms with Crippen LogP contribution in [-0.4, -0.2) is 44.7 Å². The van der Waals surface area contributed by atoms with Gasteiger partial charge >= 0.3 is 0 Å². The van der Waals surface area contributed by atoms with Gasteiger partial charge in [0.25, 0.3) is 0 Å². The highest BCUT2D eigenvalue weighted by atomic mass is 16.3. The third-order valence-corrected chi connectivity index (χ3v) is 9.88. The number of allylic oxidation sites excluding steroid dienone is 6. The molecule has 6 atom stereocenters. The van der Waals surface area contributed by atoms with Gasteiger partial charge in [-0.3, -0.25) is 24.0 Å². The number of aromatic hydroxyl groups is 1. The van der Waals surface area contributed by atoms with E-state index in [1.165, 1.54) is 6.07 Å². The minimum absolute atomic E-state index is 0.0313. The van der Waals surface area contributed by atoms with E-state index in [1.54, 1.807) is 33.8 Å². The molecule has 2 fully saturated rings. The van der Waals surface area contributed by atoms with Crippen LogP contribution in [0.5, 0.6) is 5.75 Å². The fraction of sp³-hybridized carbons (Fsp3) is 0.485. The molecule has 0 spiro atoms. The SMILES string of the molecule is CC=CC1=CC=C(c2ccc(O)c3c2C[C@]2(C)C[C@]4(C)C(C(C)C)C(=O)C(C(C)=O)C(=O)[C@]4(O)C(=O)C2C3=O)C1. The third kappa shape index (κ3) is 3.49. The van der Waals surface area contributed by atoms with E-state index in [0.29, 0.717) is 12.0 Å². The Morgan fingerprint density at radius 3 is 2.35 bits per heavy atom. The van der Waals surface area contributed by atoms with Crippen LogP contribution < -0.4 is 0 Å². The summed E-state index contributed by atoms with van der Waals surface area (Å²) in [6, 6.07) is 3.23. The Morgan fingerprint density at radius 1 is 1.07 bits per heavy atom. The van der Waals surface area contributed by atoms with E-state index >= 15 is 0 Å². The van der Waals surface area contributed by atoms with Crippen molar-refractivity contribution >= 4 is 34.5 Å². The molecule has 0 amide bonds. The van der Waals surface area contributed by atoms with Gasteiger partial charge in [0.05, 0.1) is 11.5 Å².